The van der Waals surface area contributed by atoms with Crippen LogP contribution in [0.2, 0.25) is 0 Å². The van der Waals surface area contributed by atoms with Gasteiger partial charge in [-0.25, -0.2) is 32.5 Å². The van der Waals surface area contributed by atoms with Crippen molar-refractivity contribution in [2.75, 3.05) is 44.3 Å². The van der Waals surface area contributed by atoms with Crippen LogP contribution in [0.25, 0.3) is 22.4 Å². The summed E-state index contributed by atoms with van der Waals surface area (Å²) in [6, 6.07) is 3.58. The van der Waals surface area contributed by atoms with Gasteiger partial charge in [-0.3, -0.25) is 9.55 Å². The van der Waals surface area contributed by atoms with Gasteiger partial charge in [-0.1, -0.05) is 0 Å². The number of alkyl halides is 2. The lowest BCUT2D eigenvalue weighted by Crippen LogP contribution is -2.63. The Morgan fingerprint density at radius 2 is 1.82 bits per heavy atom. The van der Waals surface area contributed by atoms with E-state index in [1.54, 1.807) is 15.5 Å². The number of anilines is 2. The van der Waals surface area contributed by atoms with Crippen LogP contribution >= 0.6 is 7.60 Å². The van der Waals surface area contributed by atoms with Gasteiger partial charge in [0.2, 0.25) is 0 Å². The van der Waals surface area contributed by atoms with Crippen molar-refractivity contribution in [1.82, 2.24) is 24.5 Å². The molecule has 0 bridgehead atoms. The number of nitrogens with zero attached hydrogens (tertiary/aromatic N) is 6. The van der Waals surface area contributed by atoms with Gasteiger partial charge in [0.05, 0.1) is 36.0 Å². The van der Waals surface area contributed by atoms with Crippen LogP contribution in [0.1, 0.15) is 18.4 Å². The second kappa shape index (κ2) is 12.8. The molecule has 0 saturated carbocycles. The van der Waals surface area contributed by atoms with E-state index in [0.29, 0.717) is 35.4 Å². The highest BCUT2D eigenvalue weighted by atomic mass is 31.2. The van der Waals surface area contributed by atoms with Crippen molar-refractivity contribution in [2.24, 2.45) is 5.73 Å². The average Bonchev–Trinajstić information content (AvgIpc) is 3.43. The van der Waals surface area contributed by atoms with E-state index in [2.05, 4.69) is 19.9 Å². The van der Waals surface area contributed by atoms with Gasteiger partial charge >= 0.3 is 7.60 Å². The number of aliphatic hydroxyl groups is 1. The smallest absolute Gasteiger partial charge is 0.367 e. The third-order valence-corrected chi connectivity index (χ3v) is 9.24. The van der Waals surface area contributed by atoms with Crippen molar-refractivity contribution in [1.29, 1.82) is 0 Å². The van der Waals surface area contributed by atoms with Gasteiger partial charge in [-0.05, 0) is 36.6 Å². The van der Waals surface area contributed by atoms with Gasteiger partial charge in [-0.2, -0.15) is 0 Å². The highest BCUT2D eigenvalue weighted by Crippen LogP contribution is 2.46. The number of halogens is 4. The molecule has 1 aliphatic rings. The molecular formula is C27H31F4N8O5P. The summed E-state index contributed by atoms with van der Waals surface area (Å²) in [5.41, 5.74) is 12.7. The van der Waals surface area contributed by atoms with Crippen molar-refractivity contribution < 1.29 is 41.0 Å². The molecule has 1 aliphatic heterocycles. The van der Waals surface area contributed by atoms with E-state index in [1.807, 2.05) is 0 Å². The van der Waals surface area contributed by atoms with E-state index in [4.69, 9.17) is 25.3 Å². The predicted octanol–water partition coefficient (Wildman–Crippen LogP) is 3.54. The SMILES string of the molecule is COP(=O)(COc1c(F)cc(-c2cc(Cn3cnc4c(N)ncnc43)c(N3CCC[C@@](N)([C@H](O)C(F)F)C3)cn2)cc1F)OC. The summed E-state index contributed by atoms with van der Waals surface area (Å²) in [4.78, 5) is 18.6. The standard InChI is InChI=1S/C27H31F4N8O5P/c1-42-45(41,43-2)14-44-22-17(28)6-15(7-18(22)29)19-8-16(10-39-13-37-21-25(32)35-12-36-26(21)39)20(9-34-19)38-5-3-4-27(33,11-38)23(40)24(30)31/h6-9,12-13,23-24,40H,3-5,10-11,14,33H2,1-2H3,(H2,32,35,36)/t23-,27+/m1/s1. The Balaban J connectivity index is 1.54. The van der Waals surface area contributed by atoms with Gasteiger partial charge in [0.1, 0.15) is 17.9 Å². The summed E-state index contributed by atoms with van der Waals surface area (Å²) in [5, 5.41) is 10.2. The first kappa shape index (κ1) is 32.5. The number of piperidine rings is 1. The monoisotopic (exact) mass is 654 g/mol. The van der Waals surface area contributed by atoms with Crippen LogP contribution in [0.15, 0.2) is 37.1 Å². The number of nitrogen functional groups attached to an aromatic ring is 1. The molecule has 1 saturated heterocycles. The Labute approximate surface area is 254 Å². The maximum absolute atomic E-state index is 15.1. The molecule has 2 atom stereocenters. The van der Waals surface area contributed by atoms with E-state index in [9.17, 15) is 18.5 Å². The first-order chi connectivity index (χ1) is 21.4. The van der Waals surface area contributed by atoms with Crippen LogP contribution in [-0.2, 0) is 20.2 Å². The summed E-state index contributed by atoms with van der Waals surface area (Å²) in [5.74, 6) is -2.79. The minimum absolute atomic E-state index is 0.0498. The molecule has 242 valence electrons. The first-order valence-electron chi connectivity index (χ1n) is 13.6. The number of ether oxygens (including phenoxy) is 1. The maximum atomic E-state index is 15.1. The molecule has 4 heterocycles. The number of aromatic nitrogens is 5. The van der Waals surface area contributed by atoms with Gasteiger partial charge in [0, 0.05) is 32.9 Å². The third-order valence-electron chi connectivity index (χ3n) is 7.68. The fourth-order valence-electron chi connectivity index (χ4n) is 5.24. The van der Waals surface area contributed by atoms with Gasteiger partial charge in [0.15, 0.2) is 35.2 Å². The Kier molecular flexibility index (Phi) is 9.28. The van der Waals surface area contributed by atoms with Crippen molar-refractivity contribution in [2.45, 2.75) is 37.5 Å². The minimum atomic E-state index is -3.72. The van der Waals surface area contributed by atoms with Gasteiger partial charge < -0.3 is 39.8 Å². The maximum Gasteiger partial charge on any atom is 0.367 e. The third kappa shape index (κ3) is 6.58. The lowest BCUT2D eigenvalue weighted by Gasteiger charge is -2.44. The van der Waals surface area contributed by atoms with Crippen molar-refractivity contribution in [3.63, 3.8) is 0 Å². The summed E-state index contributed by atoms with van der Waals surface area (Å²) in [6.07, 6.45) is -1.01. The largest absolute Gasteiger partial charge is 0.475 e. The van der Waals surface area contributed by atoms with Crippen LogP contribution in [0.5, 0.6) is 5.75 Å². The first-order valence-corrected chi connectivity index (χ1v) is 15.3. The van der Waals surface area contributed by atoms with E-state index in [-0.39, 0.29) is 36.6 Å². The second-order valence-corrected chi connectivity index (χ2v) is 12.8. The molecule has 1 aromatic carbocycles. The molecule has 5 N–H and O–H groups in total. The number of rotatable bonds is 11. The Bertz CT molecular complexity index is 1720. The van der Waals surface area contributed by atoms with Crippen molar-refractivity contribution in [3.05, 3.63) is 54.2 Å². The molecule has 0 unspecified atom stereocenters. The molecule has 1 fully saturated rings. The number of nitrogens with two attached hydrogens (primary N) is 2. The second-order valence-electron chi connectivity index (χ2n) is 10.6. The number of aliphatic hydroxyl groups excluding tert-OH is 1. The number of hydrogen-bond donors (Lipinski definition) is 3. The zero-order valence-electron chi connectivity index (χ0n) is 24.2. The van der Waals surface area contributed by atoms with E-state index in [1.165, 1.54) is 18.9 Å². The number of imidazole rings is 1. The highest BCUT2D eigenvalue weighted by Gasteiger charge is 2.43. The van der Waals surface area contributed by atoms with E-state index >= 15 is 8.78 Å². The minimum Gasteiger partial charge on any atom is -0.475 e. The molecule has 0 radical (unpaired) electrons. The molecule has 0 spiro atoms. The van der Waals surface area contributed by atoms with Crippen molar-refractivity contribution >= 4 is 30.3 Å². The Hall–Kier alpha value is -3.89. The zero-order chi connectivity index (χ0) is 32.5. The summed E-state index contributed by atoms with van der Waals surface area (Å²) in [6.45, 7) is 0.429. The Morgan fingerprint density at radius 1 is 1.11 bits per heavy atom. The van der Waals surface area contributed by atoms with Crippen molar-refractivity contribution in [3.8, 4) is 17.0 Å². The molecule has 0 amide bonds. The van der Waals surface area contributed by atoms with E-state index < -0.39 is 49.4 Å². The fraction of sp³-hybridized carbons (Fsp3) is 0.407. The summed E-state index contributed by atoms with van der Waals surface area (Å²) < 4.78 is 85.7. The summed E-state index contributed by atoms with van der Waals surface area (Å²) >= 11 is 0. The normalized spacial score (nSPS) is 18.1. The topological polar surface area (TPSA) is 177 Å². The molecule has 0 aliphatic carbocycles. The fourth-order valence-corrected chi connectivity index (χ4v) is 5.88. The van der Waals surface area contributed by atoms with Gasteiger partial charge in [0.25, 0.3) is 6.43 Å². The number of pyridine rings is 1. The molecule has 13 nitrogen and oxygen atoms in total. The lowest BCUT2D eigenvalue weighted by molar-refractivity contribution is -0.0529. The van der Waals surface area contributed by atoms with Crippen LogP contribution in [0, 0.1) is 11.6 Å². The van der Waals surface area contributed by atoms with Crippen LogP contribution in [0.4, 0.5) is 29.1 Å². The average molecular weight is 655 g/mol. The van der Waals surface area contributed by atoms with Crippen LogP contribution < -0.4 is 21.1 Å². The number of benzene rings is 1. The molecule has 45 heavy (non-hydrogen) atoms. The molecular weight excluding hydrogens is 623 g/mol. The zero-order valence-corrected chi connectivity index (χ0v) is 25.1. The highest BCUT2D eigenvalue weighted by molar-refractivity contribution is 7.53. The van der Waals surface area contributed by atoms with Gasteiger partial charge in [-0.15, -0.1) is 0 Å². The quantitative estimate of drug-likeness (QED) is 0.159. The molecule has 3 aromatic heterocycles. The summed E-state index contributed by atoms with van der Waals surface area (Å²) in [7, 11) is -1.49. The number of fused-ring (bicyclic) bond motifs is 1. The lowest BCUT2D eigenvalue weighted by atomic mass is 9.84. The molecule has 5 rings (SSSR count). The predicted molar refractivity (Wildman–Crippen MR) is 156 cm³/mol. The Morgan fingerprint density at radius 3 is 2.49 bits per heavy atom. The molecule has 18 heteroatoms. The van der Waals surface area contributed by atoms with E-state index in [0.717, 1.165) is 26.4 Å². The number of hydrogen-bond acceptors (Lipinski definition) is 12. The van der Waals surface area contributed by atoms with Crippen LogP contribution in [-0.4, -0.2) is 81.3 Å². The molecule has 4 aromatic rings. The van der Waals surface area contributed by atoms with Crippen LogP contribution in [0.3, 0.4) is 0 Å².